The van der Waals surface area contributed by atoms with Crippen molar-refractivity contribution in [2.45, 2.75) is 6.92 Å². The third-order valence-electron chi connectivity index (χ3n) is 1.26. The lowest BCUT2D eigenvalue weighted by Gasteiger charge is -2.04. The van der Waals surface area contributed by atoms with Crippen molar-refractivity contribution in [1.29, 1.82) is 0 Å². The Labute approximate surface area is 96.9 Å². The Morgan fingerprint density at radius 3 is 2.29 bits per heavy atom. The fraction of sp³-hybridized carbons (Fsp3) is 0.125. The third kappa shape index (κ3) is 2.88. The molecule has 0 aromatic rings. The van der Waals surface area contributed by atoms with E-state index < -0.39 is 5.97 Å². The molecule has 0 N–H and O–H groups in total. The lowest BCUT2D eigenvalue weighted by molar-refractivity contribution is -0.140. The highest BCUT2D eigenvalue weighted by atomic mass is 79.9. The molecule has 0 aromatic carbocycles. The van der Waals surface area contributed by atoms with E-state index >= 15 is 0 Å². The summed E-state index contributed by atoms with van der Waals surface area (Å²) in [7, 11) is 0. The van der Waals surface area contributed by atoms with Gasteiger partial charge in [0.15, 0.2) is 0 Å². The Hall–Kier alpha value is -0.750. The molecule has 74 valence electrons. The second-order valence-corrected chi connectivity index (χ2v) is 4.12. The van der Waals surface area contributed by atoms with Crippen molar-refractivity contribution >= 4 is 49.3 Å². The minimum absolute atomic E-state index is 0.174. The van der Waals surface area contributed by atoms with E-state index in [-0.39, 0.29) is 5.78 Å². The molecule has 0 unspecified atom stereocenters. The summed E-state index contributed by atoms with van der Waals surface area (Å²) >= 11 is 6.12. The number of ketones is 1. The highest BCUT2D eigenvalue weighted by Crippen LogP contribution is 2.22. The summed E-state index contributed by atoms with van der Waals surface area (Å²) in [5.41, 5.74) is 0.388. The lowest BCUT2D eigenvalue weighted by Crippen LogP contribution is -2.08. The zero-order valence-corrected chi connectivity index (χ0v) is 10.3. The molecule has 0 amide bonds. The highest BCUT2D eigenvalue weighted by molar-refractivity contribution is 9.13. The van der Waals surface area contributed by atoms with Crippen molar-refractivity contribution in [2.75, 3.05) is 0 Å². The molecular formula is C8H5Br2NO3. The Morgan fingerprint density at radius 2 is 1.86 bits per heavy atom. The molecule has 0 fully saturated rings. The minimum Gasteiger partial charge on any atom is -0.318 e. The van der Waals surface area contributed by atoms with E-state index in [2.05, 4.69) is 41.9 Å². The van der Waals surface area contributed by atoms with Gasteiger partial charge in [0.05, 0.1) is 8.96 Å². The van der Waals surface area contributed by atoms with Crippen LogP contribution in [-0.4, -0.2) is 17.5 Å². The van der Waals surface area contributed by atoms with Crippen LogP contribution in [0.2, 0.25) is 0 Å². The molecule has 4 nitrogen and oxygen atoms in total. The van der Waals surface area contributed by atoms with Gasteiger partial charge in [-0.2, -0.15) is 0 Å². The molecule has 1 aliphatic rings. The Balaban J connectivity index is 2.88. The van der Waals surface area contributed by atoms with Crippen LogP contribution in [-0.2, 0) is 14.4 Å². The van der Waals surface area contributed by atoms with Gasteiger partial charge in [-0.25, -0.2) is 4.79 Å². The molecule has 0 bridgehead atoms. The van der Waals surface area contributed by atoms with Gasteiger partial charge >= 0.3 is 5.97 Å². The quantitative estimate of drug-likeness (QED) is 0.422. The van der Waals surface area contributed by atoms with Gasteiger partial charge in [0, 0.05) is 6.92 Å². The third-order valence-corrected chi connectivity index (χ3v) is 2.44. The molecule has 0 saturated heterocycles. The van der Waals surface area contributed by atoms with Crippen LogP contribution in [0.4, 0.5) is 0 Å². The Bertz CT molecular complexity index is 358. The molecule has 0 atom stereocenters. The predicted octanol–water partition coefficient (Wildman–Crippen LogP) is 2.05. The van der Waals surface area contributed by atoms with E-state index in [4.69, 9.17) is 0 Å². The number of oxime groups is 1. The first-order chi connectivity index (χ1) is 6.50. The summed E-state index contributed by atoms with van der Waals surface area (Å²) in [5, 5.41) is 3.52. The van der Waals surface area contributed by atoms with Crippen molar-refractivity contribution in [3.63, 3.8) is 0 Å². The van der Waals surface area contributed by atoms with Crippen molar-refractivity contribution in [1.82, 2.24) is 0 Å². The van der Waals surface area contributed by atoms with Crippen molar-refractivity contribution in [2.24, 2.45) is 5.16 Å². The molecule has 0 heterocycles. The lowest BCUT2D eigenvalue weighted by atomic mass is 10.2. The summed E-state index contributed by atoms with van der Waals surface area (Å²) in [5.74, 6) is -0.685. The van der Waals surface area contributed by atoms with Crippen LogP contribution >= 0.6 is 31.9 Å². The van der Waals surface area contributed by atoms with Gasteiger partial charge in [-0.15, -0.1) is 0 Å². The first kappa shape index (κ1) is 11.3. The number of Topliss-reactive ketones (excluding diaryl/α,β-unsaturated/α-hetero) is 1. The molecule has 0 spiro atoms. The SMILES string of the molecule is CC(=O)ON=C1C=C(Br)C(=O)C(Br)=C1. The molecule has 0 aliphatic heterocycles. The second-order valence-electron chi connectivity index (χ2n) is 2.41. The first-order valence-corrected chi connectivity index (χ1v) is 5.14. The topological polar surface area (TPSA) is 55.7 Å². The van der Waals surface area contributed by atoms with E-state index in [1.165, 1.54) is 19.1 Å². The maximum atomic E-state index is 11.2. The number of carbonyl (C=O) groups excluding carboxylic acids is 2. The van der Waals surface area contributed by atoms with Gasteiger partial charge in [-0.05, 0) is 44.0 Å². The normalized spacial score (nSPS) is 15.9. The molecule has 1 rings (SSSR count). The second kappa shape index (κ2) is 4.65. The largest absolute Gasteiger partial charge is 0.331 e. The molecule has 0 saturated carbocycles. The maximum Gasteiger partial charge on any atom is 0.331 e. The van der Waals surface area contributed by atoms with Crippen molar-refractivity contribution in [3.8, 4) is 0 Å². The molecule has 0 aromatic heterocycles. The molecule has 14 heavy (non-hydrogen) atoms. The summed E-state index contributed by atoms with van der Waals surface area (Å²) in [6.07, 6.45) is 2.94. The smallest absolute Gasteiger partial charge is 0.318 e. The summed E-state index contributed by atoms with van der Waals surface area (Å²) < 4.78 is 0.718. The zero-order chi connectivity index (χ0) is 10.7. The summed E-state index contributed by atoms with van der Waals surface area (Å²) in [6, 6.07) is 0. The summed E-state index contributed by atoms with van der Waals surface area (Å²) in [4.78, 5) is 26.1. The fourth-order valence-electron chi connectivity index (χ4n) is 0.716. The van der Waals surface area contributed by atoms with Gasteiger partial charge in [0.25, 0.3) is 0 Å². The molecule has 0 radical (unpaired) electrons. The van der Waals surface area contributed by atoms with Gasteiger partial charge in [-0.1, -0.05) is 5.16 Å². The van der Waals surface area contributed by atoms with Crippen LogP contribution in [0.25, 0.3) is 0 Å². The number of allylic oxidation sites excluding steroid dienone is 4. The number of rotatable bonds is 1. The van der Waals surface area contributed by atoms with E-state index in [9.17, 15) is 9.59 Å². The Morgan fingerprint density at radius 1 is 1.36 bits per heavy atom. The van der Waals surface area contributed by atoms with E-state index in [1.807, 2.05) is 0 Å². The standard InChI is InChI=1S/C8H5Br2NO3/c1-4(12)14-11-5-2-6(9)8(13)7(10)3-5/h2-3H,1H3. The maximum absolute atomic E-state index is 11.2. The molecule has 1 aliphatic carbocycles. The number of carbonyl (C=O) groups is 2. The van der Waals surface area contributed by atoms with Crippen LogP contribution in [0, 0.1) is 0 Å². The fourth-order valence-corrected chi connectivity index (χ4v) is 1.88. The average molecular weight is 323 g/mol. The number of hydrogen-bond donors (Lipinski definition) is 0. The molecular weight excluding hydrogens is 318 g/mol. The Kier molecular flexibility index (Phi) is 3.77. The first-order valence-electron chi connectivity index (χ1n) is 3.55. The average Bonchev–Trinajstić information content (AvgIpc) is 2.10. The zero-order valence-electron chi connectivity index (χ0n) is 7.08. The van der Waals surface area contributed by atoms with Crippen molar-refractivity contribution in [3.05, 3.63) is 21.1 Å². The van der Waals surface area contributed by atoms with Crippen LogP contribution < -0.4 is 0 Å². The highest BCUT2D eigenvalue weighted by Gasteiger charge is 2.16. The van der Waals surface area contributed by atoms with Crippen molar-refractivity contribution < 1.29 is 14.4 Å². The van der Waals surface area contributed by atoms with E-state index in [1.54, 1.807) is 0 Å². The van der Waals surface area contributed by atoms with Gasteiger partial charge < -0.3 is 4.84 Å². The van der Waals surface area contributed by atoms with Gasteiger partial charge in [0.2, 0.25) is 5.78 Å². The molecule has 6 heteroatoms. The number of hydrogen-bond acceptors (Lipinski definition) is 4. The number of nitrogens with zero attached hydrogens (tertiary/aromatic N) is 1. The monoisotopic (exact) mass is 321 g/mol. The predicted molar refractivity (Wildman–Crippen MR) is 58.2 cm³/mol. The summed E-state index contributed by atoms with van der Waals surface area (Å²) in [6.45, 7) is 1.25. The van der Waals surface area contributed by atoms with Crippen LogP contribution in [0.15, 0.2) is 26.3 Å². The van der Waals surface area contributed by atoms with E-state index in [0.29, 0.717) is 14.7 Å². The van der Waals surface area contributed by atoms with Crippen LogP contribution in [0.1, 0.15) is 6.92 Å². The van der Waals surface area contributed by atoms with E-state index in [0.717, 1.165) is 0 Å². The van der Waals surface area contributed by atoms with Crippen LogP contribution in [0.3, 0.4) is 0 Å². The number of halogens is 2. The van der Waals surface area contributed by atoms with Gasteiger partial charge in [-0.3, -0.25) is 4.79 Å². The van der Waals surface area contributed by atoms with Crippen LogP contribution in [0.5, 0.6) is 0 Å². The van der Waals surface area contributed by atoms with Gasteiger partial charge in [0.1, 0.15) is 5.71 Å². The minimum atomic E-state index is -0.511.